The molecular formula is C19H21NO3. The molecule has 0 saturated carbocycles. The number of benzene rings is 2. The zero-order valence-electron chi connectivity index (χ0n) is 13.4. The molecule has 120 valence electrons. The van der Waals surface area contributed by atoms with E-state index in [4.69, 9.17) is 0 Å². The van der Waals surface area contributed by atoms with Gasteiger partial charge >= 0.3 is 0 Å². The van der Waals surface area contributed by atoms with Crippen molar-refractivity contribution in [2.45, 2.75) is 13.8 Å². The number of nitrogens with zero attached hydrogens (tertiary/aromatic N) is 1. The quantitative estimate of drug-likeness (QED) is 0.628. The molecule has 2 N–H and O–H groups in total. The van der Waals surface area contributed by atoms with E-state index in [0.29, 0.717) is 11.1 Å². The van der Waals surface area contributed by atoms with Gasteiger partial charge in [-0.25, -0.2) is 0 Å². The van der Waals surface area contributed by atoms with Gasteiger partial charge in [0.05, 0.1) is 0 Å². The van der Waals surface area contributed by atoms with Crippen molar-refractivity contribution in [3.63, 3.8) is 0 Å². The van der Waals surface area contributed by atoms with E-state index in [1.165, 1.54) is 18.2 Å². The number of carbonyl (C=O) groups is 1. The van der Waals surface area contributed by atoms with Crippen LogP contribution in [0.2, 0.25) is 0 Å². The summed E-state index contributed by atoms with van der Waals surface area (Å²) in [6.07, 6.45) is 3.01. The molecule has 23 heavy (non-hydrogen) atoms. The molecule has 0 aromatic heterocycles. The molecule has 0 fully saturated rings. The van der Waals surface area contributed by atoms with E-state index in [0.717, 1.165) is 18.8 Å². The molecule has 0 aliphatic heterocycles. The highest BCUT2D eigenvalue weighted by molar-refractivity contribution is 6.07. The average molecular weight is 311 g/mol. The van der Waals surface area contributed by atoms with Crippen LogP contribution in [0.4, 0.5) is 5.69 Å². The Bertz CT molecular complexity index is 701. The lowest BCUT2D eigenvalue weighted by molar-refractivity contribution is 0.104. The smallest absolute Gasteiger partial charge is 0.185 e. The minimum Gasteiger partial charge on any atom is -0.508 e. The SMILES string of the molecule is CCN(CC)c1ccc(C=CC(=O)c2ccc(O)cc2)c(O)c1. The summed E-state index contributed by atoms with van der Waals surface area (Å²) in [5.74, 6) is 0.0801. The van der Waals surface area contributed by atoms with Crippen LogP contribution >= 0.6 is 0 Å². The van der Waals surface area contributed by atoms with Crippen LogP contribution in [0.15, 0.2) is 48.5 Å². The lowest BCUT2D eigenvalue weighted by Gasteiger charge is -2.21. The molecule has 2 rings (SSSR count). The molecule has 0 unspecified atom stereocenters. The third kappa shape index (κ3) is 4.13. The van der Waals surface area contributed by atoms with Gasteiger partial charge in [-0.1, -0.05) is 0 Å². The van der Waals surface area contributed by atoms with E-state index in [9.17, 15) is 15.0 Å². The summed E-state index contributed by atoms with van der Waals surface area (Å²) in [6.45, 7) is 5.85. The fourth-order valence-corrected chi connectivity index (χ4v) is 2.35. The lowest BCUT2D eigenvalue weighted by Crippen LogP contribution is -2.21. The Kier molecular flexibility index (Phi) is 5.41. The van der Waals surface area contributed by atoms with Gasteiger partial charge in [0.2, 0.25) is 0 Å². The van der Waals surface area contributed by atoms with Gasteiger partial charge in [0.15, 0.2) is 5.78 Å². The van der Waals surface area contributed by atoms with Gasteiger partial charge in [0.1, 0.15) is 11.5 Å². The first kappa shape index (κ1) is 16.6. The normalized spacial score (nSPS) is 10.9. The van der Waals surface area contributed by atoms with Gasteiger partial charge in [-0.05, 0) is 62.4 Å². The predicted octanol–water partition coefficient (Wildman–Crippen LogP) is 3.84. The molecule has 0 spiro atoms. The van der Waals surface area contributed by atoms with Gasteiger partial charge in [0, 0.05) is 36.0 Å². The van der Waals surface area contributed by atoms with Crippen molar-refractivity contribution in [2.24, 2.45) is 0 Å². The maximum atomic E-state index is 12.1. The number of rotatable bonds is 6. The molecule has 0 radical (unpaired) electrons. The highest BCUT2D eigenvalue weighted by atomic mass is 16.3. The number of phenolic OH excluding ortho intramolecular Hbond substituents is 2. The number of phenols is 2. The van der Waals surface area contributed by atoms with Crippen LogP contribution in [-0.2, 0) is 0 Å². The van der Waals surface area contributed by atoms with Crippen LogP contribution in [0, 0.1) is 0 Å². The molecule has 0 saturated heterocycles. The van der Waals surface area contributed by atoms with Crippen molar-refractivity contribution >= 4 is 17.5 Å². The molecule has 0 amide bonds. The van der Waals surface area contributed by atoms with Crippen molar-refractivity contribution in [3.8, 4) is 11.5 Å². The minimum atomic E-state index is -0.183. The van der Waals surface area contributed by atoms with Crippen LogP contribution in [0.5, 0.6) is 11.5 Å². The first-order chi connectivity index (χ1) is 11.0. The van der Waals surface area contributed by atoms with Gasteiger partial charge in [-0.2, -0.15) is 0 Å². The number of aromatic hydroxyl groups is 2. The third-order valence-corrected chi connectivity index (χ3v) is 3.71. The van der Waals surface area contributed by atoms with Crippen molar-refractivity contribution in [1.29, 1.82) is 0 Å². The fraction of sp³-hybridized carbons (Fsp3) is 0.211. The molecule has 2 aromatic carbocycles. The second kappa shape index (κ2) is 7.49. The van der Waals surface area contributed by atoms with E-state index in [2.05, 4.69) is 18.7 Å². The summed E-state index contributed by atoms with van der Waals surface area (Å²) in [5.41, 5.74) is 2.03. The van der Waals surface area contributed by atoms with Crippen molar-refractivity contribution in [3.05, 3.63) is 59.7 Å². The summed E-state index contributed by atoms with van der Waals surface area (Å²) in [6, 6.07) is 11.5. The second-order valence-electron chi connectivity index (χ2n) is 5.16. The maximum Gasteiger partial charge on any atom is 0.185 e. The Labute approximate surface area is 136 Å². The molecular weight excluding hydrogens is 290 g/mol. The van der Waals surface area contributed by atoms with E-state index in [1.54, 1.807) is 30.3 Å². The summed E-state index contributed by atoms with van der Waals surface area (Å²) in [5, 5.41) is 19.4. The molecule has 0 bridgehead atoms. The Morgan fingerprint density at radius 1 is 1.04 bits per heavy atom. The highest BCUT2D eigenvalue weighted by Gasteiger charge is 2.06. The standard InChI is InChI=1S/C19H21NO3/c1-3-20(4-2)16-9-5-15(19(23)13-16)8-12-18(22)14-6-10-17(21)11-7-14/h5-13,21,23H,3-4H2,1-2H3. The van der Waals surface area contributed by atoms with Gasteiger partial charge in [0.25, 0.3) is 0 Å². The molecule has 4 nitrogen and oxygen atoms in total. The molecule has 0 atom stereocenters. The number of hydrogen-bond donors (Lipinski definition) is 2. The predicted molar refractivity (Wildman–Crippen MR) is 93.1 cm³/mol. The number of allylic oxidation sites excluding steroid dienone is 1. The van der Waals surface area contributed by atoms with Crippen LogP contribution in [0.1, 0.15) is 29.8 Å². The number of hydrogen-bond acceptors (Lipinski definition) is 4. The third-order valence-electron chi connectivity index (χ3n) is 3.71. The zero-order valence-corrected chi connectivity index (χ0v) is 13.4. The van der Waals surface area contributed by atoms with Crippen molar-refractivity contribution in [1.82, 2.24) is 0 Å². The van der Waals surface area contributed by atoms with Crippen LogP contribution in [0.3, 0.4) is 0 Å². The van der Waals surface area contributed by atoms with E-state index >= 15 is 0 Å². The minimum absolute atomic E-state index is 0.121. The van der Waals surface area contributed by atoms with Gasteiger partial charge < -0.3 is 15.1 Å². The number of ketones is 1. The Morgan fingerprint density at radius 2 is 1.70 bits per heavy atom. The molecule has 0 heterocycles. The fourth-order valence-electron chi connectivity index (χ4n) is 2.35. The summed E-state index contributed by atoms with van der Waals surface area (Å²) in [7, 11) is 0. The molecule has 0 aliphatic carbocycles. The van der Waals surface area contributed by atoms with E-state index in [-0.39, 0.29) is 17.3 Å². The molecule has 4 heteroatoms. The highest BCUT2D eigenvalue weighted by Crippen LogP contribution is 2.26. The molecule has 0 aliphatic rings. The second-order valence-corrected chi connectivity index (χ2v) is 5.16. The van der Waals surface area contributed by atoms with Crippen LogP contribution in [-0.4, -0.2) is 29.1 Å². The van der Waals surface area contributed by atoms with Crippen LogP contribution < -0.4 is 4.90 Å². The topological polar surface area (TPSA) is 60.8 Å². The van der Waals surface area contributed by atoms with E-state index < -0.39 is 0 Å². The first-order valence-electron chi connectivity index (χ1n) is 7.64. The monoisotopic (exact) mass is 311 g/mol. The summed E-state index contributed by atoms with van der Waals surface area (Å²) in [4.78, 5) is 14.2. The van der Waals surface area contributed by atoms with Gasteiger partial charge in [-0.15, -0.1) is 0 Å². The summed E-state index contributed by atoms with van der Waals surface area (Å²) < 4.78 is 0. The first-order valence-corrected chi connectivity index (χ1v) is 7.64. The Morgan fingerprint density at radius 3 is 2.26 bits per heavy atom. The van der Waals surface area contributed by atoms with Gasteiger partial charge in [-0.3, -0.25) is 4.79 Å². The van der Waals surface area contributed by atoms with Crippen molar-refractivity contribution < 1.29 is 15.0 Å². The Balaban J connectivity index is 2.16. The molecule has 2 aromatic rings. The zero-order chi connectivity index (χ0) is 16.8. The summed E-state index contributed by atoms with van der Waals surface area (Å²) >= 11 is 0. The lowest BCUT2D eigenvalue weighted by atomic mass is 10.1. The maximum absolute atomic E-state index is 12.1. The Hall–Kier alpha value is -2.75. The van der Waals surface area contributed by atoms with Crippen molar-refractivity contribution in [2.75, 3.05) is 18.0 Å². The van der Waals surface area contributed by atoms with E-state index in [1.807, 2.05) is 6.07 Å². The largest absolute Gasteiger partial charge is 0.508 e. The number of anilines is 1. The van der Waals surface area contributed by atoms with Crippen LogP contribution in [0.25, 0.3) is 6.08 Å². The average Bonchev–Trinajstić information content (AvgIpc) is 2.55. The number of carbonyl (C=O) groups excluding carboxylic acids is 1.